The zero-order valence-corrected chi connectivity index (χ0v) is 11.6. The van der Waals surface area contributed by atoms with E-state index in [1.54, 1.807) is 14.0 Å². The van der Waals surface area contributed by atoms with Crippen molar-refractivity contribution < 1.29 is 18.0 Å². The summed E-state index contributed by atoms with van der Waals surface area (Å²) in [6, 6.07) is 6.01. The lowest BCUT2D eigenvalue weighted by atomic mass is 10.1. The van der Waals surface area contributed by atoms with Crippen LogP contribution in [0.15, 0.2) is 34.7 Å². The summed E-state index contributed by atoms with van der Waals surface area (Å²) in [5.41, 5.74) is 0.484. The molecular formula is C14H12ClF2NO2. The summed E-state index contributed by atoms with van der Waals surface area (Å²) < 4.78 is 31.2. The third-order valence-corrected chi connectivity index (χ3v) is 3.31. The Morgan fingerprint density at radius 1 is 1.25 bits per heavy atom. The van der Waals surface area contributed by atoms with Gasteiger partial charge in [0.15, 0.2) is 22.6 Å². The van der Waals surface area contributed by atoms with Crippen molar-refractivity contribution in [3.05, 3.63) is 58.5 Å². The van der Waals surface area contributed by atoms with Crippen molar-refractivity contribution in [2.24, 2.45) is 0 Å². The largest absolute Gasteiger partial charge is 0.440 e. The number of hydrogen-bond acceptors (Lipinski definition) is 2. The van der Waals surface area contributed by atoms with E-state index in [0.717, 1.165) is 12.1 Å². The molecular weight excluding hydrogens is 288 g/mol. The Kier molecular flexibility index (Phi) is 4.09. The van der Waals surface area contributed by atoms with Gasteiger partial charge in [0.1, 0.15) is 0 Å². The maximum Gasteiger partial charge on any atom is 0.289 e. The van der Waals surface area contributed by atoms with Crippen LogP contribution in [0.3, 0.4) is 0 Å². The highest BCUT2D eigenvalue weighted by molar-refractivity contribution is 6.29. The Balaban J connectivity index is 2.21. The molecule has 6 heteroatoms. The molecule has 0 radical (unpaired) electrons. The molecule has 1 aromatic carbocycles. The first-order valence-electron chi connectivity index (χ1n) is 5.87. The molecule has 1 amide bonds. The molecule has 0 fully saturated rings. The van der Waals surface area contributed by atoms with Crippen LogP contribution in [-0.4, -0.2) is 17.9 Å². The van der Waals surface area contributed by atoms with Crippen molar-refractivity contribution in [3.63, 3.8) is 0 Å². The monoisotopic (exact) mass is 299 g/mol. The predicted molar refractivity (Wildman–Crippen MR) is 70.6 cm³/mol. The Morgan fingerprint density at radius 3 is 2.50 bits per heavy atom. The highest BCUT2D eigenvalue weighted by Gasteiger charge is 2.22. The van der Waals surface area contributed by atoms with Crippen LogP contribution in [0.4, 0.5) is 8.78 Å². The van der Waals surface area contributed by atoms with Crippen LogP contribution in [-0.2, 0) is 0 Å². The molecule has 1 aromatic heterocycles. The maximum atomic E-state index is 13.2. The average molecular weight is 300 g/mol. The van der Waals surface area contributed by atoms with Crippen molar-refractivity contribution in [3.8, 4) is 0 Å². The van der Waals surface area contributed by atoms with Crippen LogP contribution >= 0.6 is 11.6 Å². The van der Waals surface area contributed by atoms with Gasteiger partial charge in [-0.1, -0.05) is 6.07 Å². The molecule has 0 saturated carbocycles. The fourth-order valence-electron chi connectivity index (χ4n) is 1.77. The molecule has 2 rings (SSSR count). The Hall–Kier alpha value is -1.88. The maximum absolute atomic E-state index is 13.2. The van der Waals surface area contributed by atoms with Crippen molar-refractivity contribution in [2.45, 2.75) is 13.0 Å². The number of amides is 1. The van der Waals surface area contributed by atoms with Gasteiger partial charge in [-0.15, -0.1) is 0 Å². The number of halogens is 3. The molecule has 0 aliphatic heterocycles. The number of rotatable bonds is 3. The summed E-state index contributed by atoms with van der Waals surface area (Å²) in [6.07, 6.45) is 0. The van der Waals surface area contributed by atoms with E-state index >= 15 is 0 Å². The van der Waals surface area contributed by atoms with E-state index in [1.807, 2.05) is 0 Å². The number of carbonyl (C=O) groups excluding carboxylic acids is 1. The third-order valence-electron chi connectivity index (χ3n) is 3.11. The molecule has 2 aromatic rings. The molecule has 1 heterocycles. The summed E-state index contributed by atoms with van der Waals surface area (Å²) in [5.74, 6) is -2.18. The molecule has 0 bridgehead atoms. The van der Waals surface area contributed by atoms with E-state index in [1.165, 1.54) is 23.1 Å². The fourth-order valence-corrected chi connectivity index (χ4v) is 1.92. The normalized spacial score (nSPS) is 12.2. The fraction of sp³-hybridized carbons (Fsp3) is 0.214. The van der Waals surface area contributed by atoms with Gasteiger partial charge in [0.05, 0.1) is 6.04 Å². The number of nitrogens with zero attached hydrogens (tertiary/aromatic N) is 1. The van der Waals surface area contributed by atoms with Crippen molar-refractivity contribution >= 4 is 17.5 Å². The number of furan rings is 1. The van der Waals surface area contributed by atoms with Gasteiger partial charge in [-0.3, -0.25) is 4.79 Å². The summed E-state index contributed by atoms with van der Waals surface area (Å²) in [6.45, 7) is 1.70. The van der Waals surface area contributed by atoms with Gasteiger partial charge < -0.3 is 9.32 Å². The molecule has 0 aliphatic rings. The molecule has 1 unspecified atom stereocenters. The van der Waals surface area contributed by atoms with E-state index < -0.39 is 23.6 Å². The van der Waals surface area contributed by atoms with Gasteiger partial charge in [0.2, 0.25) is 0 Å². The second-order valence-electron chi connectivity index (χ2n) is 4.37. The Bertz CT molecular complexity index is 642. The molecule has 1 atom stereocenters. The van der Waals surface area contributed by atoms with Gasteiger partial charge in [0.25, 0.3) is 5.91 Å². The molecule has 0 saturated heterocycles. The molecule has 0 spiro atoms. The Morgan fingerprint density at radius 2 is 1.95 bits per heavy atom. The van der Waals surface area contributed by atoms with Crippen molar-refractivity contribution in [2.75, 3.05) is 7.05 Å². The van der Waals surface area contributed by atoms with Gasteiger partial charge in [-0.05, 0) is 48.4 Å². The highest BCUT2D eigenvalue weighted by atomic mass is 35.5. The summed E-state index contributed by atoms with van der Waals surface area (Å²) in [5, 5.41) is 0.113. The van der Waals surface area contributed by atoms with Gasteiger partial charge >= 0.3 is 0 Å². The lowest BCUT2D eigenvalue weighted by molar-refractivity contribution is 0.0710. The number of hydrogen-bond donors (Lipinski definition) is 0. The molecule has 106 valence electrons. The van der Waals surface area contributed by atoms with Crippen LogP contribution < -0.4 is 0 Å². The summed E-state index contributed by atoms with van der Waals surface area (Å²) >= 11 is 5.62. The topological polar surface area (TPSA) is 33.5 Å². The van der Waals surface area contributed by atoms with Crippen LogP contribution in [0.1, 0.15) is 29.1 Å². The van der Waals surface area contributed by atoms with Gasteiger partial charge in [0, 0.05) is 7.05 Å². The van der Waals surface area contributed by atoms with Crippen LogP contribution in [0.5, 0.6) is 0 Å². The van der Waals surface area contributed by atoms with E-state index in [-0.39, 0.29) is 11.0 Å². The zero-order chi connectivity index (χ0) is 14.9. The molecule has 0 N–H and O–H groups in total. The first kappa shape index (κ1) is 14.5. The first-order valence-corrected chi connectivity index (χ1v) is 6.25. The lowest BCUT2D eigenvalue weighted by Crippen LogP contribution is -2.29. The van der Waals surface area contributed by atoms with Gasteiger partial charge in [-0.2, -0.15) is 0 Å². The van der Waals surface area contributed by atoms with Crippen LogP contribution in [0.2, 0.25) is 5.22 Å². The zero-order valence-electron chi connectivity index (χ0n) is 10.9. The SMILES string of the molecule is CC(c1ccc(F)c(F)c1)N(C)C(=O)c1ccc(Cl)o1. The van der Waals surface area contributed by atoms with E-state index in [9.17, 15) is 13.6 Å². The second kappa shape index (κ2) is 5.63. The lowest BCUT2D eigenvalue weighted by Gasteiger charge is -2.24. The van der Waals surface area contributed by atoms with E-state index in [2.05, 4.69) is 0 Å². The highest BCUT2D eigenvalue weighted by Crippen LogP contribution is 2.23. The van der Waals surface area contributed by atoms with Crippen LogP contribution in [0.25, 0.3) is 0 Å². The minimum absolute atomic E-state index is 0.0898. The number of carbonyl (C=O) groups is 1. The summed E-state index contributed by atoms with van der Waals surface area (Å²) in [7, 11) is 1.55. The van der Waals surface area contributed by atoms with E-state index in [0.29, 0.717) is 5.56 Å². The second-order valence-corrected chi connectivity index (χ2v) is 4.74. The van der Waals surface area contributed by atoms with Gasteiger partial charge in [-0.25, -0.2) is 8.78 Å². The standard InChI is InChI=1S/C14H12ClF2NO2/c1-8(9-3-4-10(16)11(17)7-9)18(2)14(19)12-5-6-13(15)20-12/h3-8H,1-2H3. The average Bonchev–Trinajstić information content (AvgIpc) is 2.86. The molecule has 0 aliphatic carbocycles. The van der Waals surface area contributed by atoms with Crippen molar-refractivity contribution in [1.29, 1.82) is 0 Å². The molecule has 20 heavy (non-hydrogen) atoms. The van der Waals surface area contributed by atoms with Crippen LogP contribution in [0, 0.1) is 11.6 Å². The minimum Gasteiger partial charge on any atom is -0.440 e. The molecule has 3 nitrogen and oxygen atoms in total. The predicted octanol–water partition coefficient (Wildman–Crippen LogP) is 4.04. The third kappa shape index (κ3) is 2.82. The summed E-state index contributed by atoms with van der Waals surface area (Å²) in [4.78, 5) is 13.5. The van der Waals surface area contributed by atoms with E-state index in [4.69, 9.17) is 16.0 Å². The Labute approximate surface area is 119 Å². The first-order chi connectivity index (χ1) is 9.40. The minimum atomic E-state index is -0.948. The van der Waals surface area contributed by atoms with Crippen molar-refractivity contribution in [1.82, 2.24) is 4.90 Å². The number of benzene rings is 1. The quantitative estimate of drug-likeness (QED) is 0.857. The smallest absolute Gasteiger partial charge is 0.289 e.